The van der Waals surface area contributed by atoms with E-state index < -0.39 is 0 Å². The Hall–Kier alpha value is -4.26. The molecular formula is C28H29N5O2. The number of nitrogens with zero attached hydrogens (tertiary/aromatic N) is 3. The van der Waals surface area contributed by atoms with Gasteiger partial charge in [-0.1, -0.05) is 32.1 Å². The van der Waals surface area contributed by atoms with Gasteiger partial charge in [0.1, 0.15) is 23.6 Å². The Bertz CT molecular complexity index is 1360. The molecule has 2 N–H and O–H groups in total. The van der Waals surface area contributed by atoms with Crippen LogP contribution in [-0.4, -0.2) is 27.4 Å². The number of benzene rings is 2. The van der Waals surface area contributed by atoms with Gasteiger partial charge in [0, 0.05) is 29.2 Å². The zero-order valence-corrected chi connectivity index (χ0v) is 20.4. The summed E-state index contributed by atoms with van der Waals surface area (Å²) in [5.41, 5.74) is 4.68. The maximum absolute atomic E-state index is 11.7. The molecule has 0 saturated carbocycles. The molecule has 0 aliphatic rings. The van der Waals surface area contributed by atoms with Crippen LogP contribution in [-0.2, 0) is 4.79 Å². The van der Waals surface area contributed by atoms with E-state index in [9.17, 15) is 4.79 Å². The van der Waals surface area contributed by atoms with E-state index in [-0.39, 0.29) is 11.8 Å². The zero-order valence-electron chi connectivity index (χ0n) is 20.4. The number of fused-ring (bicyclic) bond motifs is 1. The molecule has 7 nitrogen and oxygen atoms in total. The number of aromatic nitrogens is 3. The Morgan fingerprint density at radius 1 is 1.03 bits per heavy atom. The van der Waals surface area contributed by atoms with E-state index in [4.69, 9.17) is 4.74 Å². The quantitative estimate of drug-likeness (QED) is 0.332. The predicted molar refractivity (Wildman–Crippen MR) is 140 cm³/mol. The van der Waals surface area contributed by atoms with Crippen LogP contribution in [0.15, 0.2) is 67.1 Å². The highest BCUT2D eigenvalue weighted by molar-refractivity contribution is 5.92. The number of carbonyl (C=O) groups excluding carboxylic acids is 1. The third-order valence-electron chi connectivity index (χ3n) is 5.44. The second-order valence-electron chi connectivity index (χ2n) is 8.64. The van der Waals surface area contributed by atoms with Crippen molar-refractivity contribution in [3.05, 3.63) is 84.0 Å². The molecule has 0 aliphatic carbocycles. The summed E-state index contributed by atoms with van der Waals surface area (Å²) in [4.78, 5) is 24.9. The number of anilines is 2. The average Bonchev–Trinajstić information content (AvgIpc) is 2.85. The standard InChI is InChI=1S/C28H29N5O2/c1-18(2)28(34)29-13-5-6-21-8-11-25-24(15-21)27(32-17-31-25)33-22-9-12-26(19(3)14-22)35-23-10-7-20(4)30-16-23/h5-12,14-18H,13H2,1-4H3,(H,29,34)(H,31,32,33)/b6-5-. The van der Waals surface area contributed by atoms with Gasteiger partial charge in [-0.2, -0.15) is 0 Å². The lowest BCUT2D eigenvalue weighted by Crippen LogP contribution is -2.27. The lowest BCUT2D eigenvalue weighted by Gasteiger charge is -2.12. The SMILES string of the molecule is Cc1ccc(Oc2ccc(Nc3ncnc4ccc(/C=C\CNC(=O)C(C)C)cc34)cc2C)cn1. The first kappa shape index (κ1) is 23.9. The number of nitrogens with one attached hydrogen (secondary N) is 2. The number of carbonyl (C=O) groups is 1. The second kappa shape index (κ2) is 10.8. The smallest absolute Gasteiger partial charge is 0.222 e. The molecule has 0 aliphatic heterocycles. The van der Waals surface area contributed by atoms with Gasteiger partial charge in [-0.15, -0.1) is 0 Å². The molecule has 0 unspecified atom stereocenters. The van der Waals surface area contributed by atoms with Gasteiger partial charge in [-0.3, -0.25) is 9.78 Å². The van der Waals surface area contributed by atoms with Crippen LogP contribution >= 0.6 is 0 Å². The van der Waals surface area contributed by atoms with Crippen LogP contribution in [0.25, 0.3) is 17.0 Å². The van der Waals surface area contributed by atoms with Crippen molar-refractivity contribution in [1.82, 2.24) is 20.3 Å². The molecule has 35 heavy (non-hydrogen) atoms. The lowest BCUT2D eigenvalue weighted by molar-refractivity contribution is -0.123. The molecule has 1 amide bonds. The number of hydrogen-bond donors (Lipinski definition) is 2. The highest BCUT2D eigenvalue weighted by Gasteiger charge is 2.08. The van der Waals surface area contributed by atoms with Crippen molar-refractivity contribution in [2.45, 2.75) is 27.7 Å². The number of aryl methyl sites for hydroxylation is 2. The molecule has 0 saturated heterocycles. The van der Waals surface area contributed by atoms with Gasteiger partial charge in [0.25, 0.3) is 0 Å². The fraction of sp³-hybridized carbons (Fsp3) is 0.214. The van der Waals surface area contributed by atoms with Gasteiger partial charge in [0.2, 0.25) is 5.91 Å². The van der Waals surface area contributed by atoms with E-state index in [0.29, 0.717) is 18.1 Å². The molecule has 2 aromatic heterocycles. The minimum atomic E-state index is -0.0290. The van der Waals surface area contributed by atoms with Crippen LogP contribution in [0, 0.1) is 19.8 Å². The van der Waals surface area contributed by atoms with Crippen LogP contribution in [0.4, 0.5) is 11.5 Å². The van der Waals surface area contributed by atoms with Gasteiger partial charge in [0.05, 0.1) is 11.7 Å². The fourth-order valence-electron chi connectivity index (χ4n) is 3.46. The van der Waals surface area contributed by atoms with Gasteiger partial charge in [-0.05, 0) is 67.4 Å². The van der Waals surface area contributed by atoms with E-state index in [2.05, 4.69) is 25.6 Å². The van der Waals surface area contributed by atoms with Gasteiger partial charge < -0.3 is 15.4 Å². The van der Waals surface area contributed by atoms with E-state index in [0.717, 1.165) is 39.2 Å². The summed E-state index contributed by atoms with van der Waals surface area (Å²) in [6.07, 6.45) is 7.19. The van der Waals surface area contributed by atoms with Crippen molar-refractivity contribution < 1.29 is 9.53 Å². The zero-order chi connectivity index (χ0) is 24.8. The summed E-state index contributed by atoms with van der Waals surface area (Å²) in [6, 6.07) is 15.7. The molecule has 0 bridgehead atoms. The summed E-state index contributed by atoms with van der Waals surface area (Å²) < 4.78 is 5.98. The molecule has 4 rings (SSSR count). The third-order valence-corrected chi connectivity index (χ3v) is 5.44. The summed E-state index contributed by atoms with van der Waals surface area (Å²) in [7, 11) is 0. The molecular weight excluding hydrogens is 438 g/mol. The number of amides is 1. The molecule has 2 aromatic carbocycles. The van der Waals surface area contributed by atoms with Crippen molar-refractivity contribution in [2.75, 3.05) is 11.9 Å². The largest absolute Gasteiger partial charge is 0.455 e. The number of rotatable bonds is 8. The van der Waals surface area contributed by atoms with Crippen molar-refractivity contribution in [1.29, 1.82) is 0 Å². The minimum absolute atomic E-state index is 0.0290. The topological polar surface area (TPSA) is 89.0 Å². The number of hydrogen-bond acceptors (Lipinski definition) is 6. The summed E-state index contributed by atoms with van der Waals surface area (Å²) in [5, 5.41) is 7.20. The van der Waals surface area contributed by atoms with Crippen LogP contribution < -0.4 is 15.4 Å². The number of pyridine rings is 1. The summed E-state index contributed by atoms with van der Waals surface area (Å²) in [5.74, 6) is 2.19. The Balaban J connectivity index is 1.50. The van der Waals surface area contributed by atoms with E-state index >= 15 is 0 Å². The van der Waals surface area contributed by atoms with Crippen LogP contribution in [0.1, 0.15) is 30.7 Å². The van der Waals surface area contributed by atoms with Crippen molar-refractivity contribution >= 4 is 34.4 Å². The Morgan fingerprint density at radius 3 is 2.63 bits per heavy atom. The third kappa shape index (κ3) is 6.20. The van der Waals surface area contributed by atoms with Gasteiger partial charge >= 0.3 is 0 Å². The van der Waals surface area contributed by atoms with Crippen LogP contribution in [0.5, 0.6) is 11.5 Å². The highest BCUT2D eigenvalue weighted by Crippen LogP contribution is 2.30. The first-order valence-electron chi connectivity index (χ1n) is 11.6. The molecule has 0 radical (unpaired) electrons. The fourth-order valence-corrected chi connectivity index (χ4v) is 3.46. The second-order valence-corrected chi connectivity index (χ2v) is 8.64. The molecule has 7 heteroatoms. The van der Waals surface area contributed by atoms with Crippen LogP contribution in [0.2, 0.25) is 0 Å². The molecule has 0 spiro atoms. The summed E-state index contributed by atoms with van der Waals surface area (Å²) in [6.45, 7) is 8.18. The van der Waals surface area contributed by atoms with E-state index in [1.54, 1.807) is 12.5 Å². The Kier molecular flexibility index (Phi) is 7.35. The van der Waals surface area contributed by atoms with Gasteiger partial charge in [-0.25, -0.2) is 9.97 Å². The Morgan fingerprint density at radius 2 is 1.89 bits per heavy atom. The minimum Gasteiger partial charge on any atom is -0.455 e. The predicted octanol–water partition coefficient (Wildman–Crippen LogP) is 5.96. The van der Waals surface area contributed by atoms with E-state index in [1.807, 2.05) is 88.4 Å². The molecule has 178 valence electrons. The maximum Gasteiger partial charge on any atom is 0.222 e. The van der Waals surface area contributed by atoms with Crippen molar-refractivity contribution in [3.8, 4) is 11.5 Å². The normalized spacial score (nSPS) is 11.2. The molecule has 4 aromatic rings. The maximum atomic E-state index is 11.7. The molecule has 2 heterocycles. The highest BCUT2D eigenvalue weighted by atomic mass is 16.5. The monoisotopic (exact) mass is 467 g/mol. The average molecular weight is 468 g/mol. The Labute approximate surface area is 205 Å². The number of ether oxygens (including phenoxy) is 1. The van der Waals surface area contributed by atoms with E-state index in [1.165, 1.54) is 0 Å². The van der Waals surface area contributed by atoms with Crippen molar-refractivity contribution in [3.63, 3.8) is 0 Å². The van der Waals surface area contributed by atoms with Crippen molar-refractivity contribution in [2.24, 2.45) is 5.92 Å². The first-order chi connectivity index (χ1) is 16.9. The van der Waals surface area contributed by atoms with Crippen LogP contribution in [0.3, 0.4) is 0 Å². The molecule has 0 fully saturated rings. The van der Waals surface area contributed by atoms with Gasteiger partial charge in [0.15, 0.2) is 0 Å². The lowest BCUT2D eigenvalue weighted by atomic mass is 10.1. The molecule has 0 atom stereocenters. The first-order valence-corrected chi connectivity index (χ1v) is 11.6. The summed E-state index contributed by atoms with van der Waals surface area (Å²) >= 11 is 0.